The molecule has 2 rings (SSSR count). The second kappa shape index (κ2) is 5.94. The summed E-state index contributed by atoms with van der Waals surface area (Å²) in [6.07, 6.45) is 1.03. The molecule has 2 heteroatoms. The molecule has 0 saturated heterocycles. The molecule has 0 unspecified atom stereocenters. The van der Waals surface area contributed by atoms with Crippen LogP contribution in [0, 0.1) is 0 Å². The van der Waals surface area contributed by atoms with E-state index in [1.807, 2.05) is 30.3 Å². The molecule has 1 N–H and O–H groups in total. The van der Waals surface area contributed by atoms with E-state index in [4.69, 9.17) is 4.74 Å². The lowest BCUT2D eigenvalue weighted by Crippen LogP contribution is -2.04. The van der Waals surface area contributed by atoms with Crippen molar-refractivity contribution in [2.75, 3.05) is 19.0 Å². The van der Waals surface area contributed by atoms with E-state index in [0.29, 0.717) is 0 Å². The summed E-state index contributed by atoms with van der Waals surface area (Å²) in [4.78, 5) is 0. The Balaban J connectivity index is 1.86. The lowest BCUT2D eigenvalue weighted by molar-refractivity contribution is 0.415. The van der Waals surface area contributed by atoms with Crippen molar-refractivity contribution in [3.05, 3.63) is 60.2 Å². The van der Waals surface area contributed by atoms with Gasteiger partial charge in [0, 0.05) is 18.3 Å². The fourth-order valence-electron chi connectivity index (χ4n) is 1.73. The number of hydrogen-bond acceptors (Lipinski definition) is 2. The van der Waals surface area contributed by atoms with Crippen molar-refractivity contribution in [1.82, 2.24) is 0 Å². The number of benzene rings is 2. The zero-order valence-electron chi connectivity index (χ0n) is 10.0. The maximum atomic E-state index is 5.18. The molecule has 0 saturated carbocycles. The molecule has 0 amide bonds. The quantitative estimate of drug-likeness (QED) is 0.845. The highest BCUT2D eigenvalue weighted by Gasteiger charge is 1.95. The van der Waals surface area contributed by atoms with Crippen molar-refractivity contribution in [2.45, 2.75) is 6.42 Å². The third kappa shape index (κ3) is 3.52. The van der Waals surface area contributed by atoms with Crippen LogP contribution in [-0.4, -0.2) is 13.7 Å². The second-order valence-corrected chi connectivity index (χ2v) is 3.89. The number of ether oxygens (including phenoxy) is 1. The summed E-state index contributed by atoms with van der Waals surface area (Å²) in [7, 11) is 1.68. The van der Waals surface area contributed by atoms with Crippen LogP contribution in [-0.2, 0) is 6.42 Å². The summed E-state index contributed by atoms with van der Waals surface area (Å²) in [6.45, 7) is 0.928. The smallest absolute Gasteiger partial charge is 0.120 e. The van der Waals surface area contributed by atoms with Crippen LogP contribution in [0.5, 0.6) is 5.75 Å². The molecule has 2 aromatic carbocycles. The van der Waals surface area contributed by atoms with Gasteiger partial charge in [-0.15, -0.1) is 0 Å². The SMILES string of the molecule is COc1cccc(NCCc2ccccc2)c1. The minimum absolute atomic E-state index is 0.884. The first kappa shape index (κ1) is 11.5. The Morgan fingerprint density at radius 1 is 1.00 bits per heavy atom. The van der Waals surface area contributed by atoms with Gasteiger partial charge in [-0.25, -0.2) is 0 Å². The minimum atomic E-state index is 0.884. The number of anilines is 1. The van der Waals surface area contributed by atoms with Crippen LogP contribution >= 0.6 is 0 Å². The first-order valence-corrected chi connectivity index (χ1v) is 5.80. The molecule has 0 aliphatic carbocycles. The summed E-state index contributed by atoms with van der Waals surface area (Å²) in [5.74, 6) is 0.884. The molecule has 0 atom stereocenters. The fourth-order valence-corrected chi connectivity index (χ4v) is 1.73. The highest BCUT2D eigenvalue weighted by Crippen LogP contribution is 2.16. The van der Waals surface area contributed by atoms with Gasteiger partial charge in [-0.2, -0.15) is 0 Å². The van der Waals surface area contributed by atoms with Gasteiger partial charge in [0.1, 0.15) is 5.75 Å². The monoisotopic (exact) mass is 227 g/mol. The van der Waals surface area contributed by atoms with E-state index in [2.05, 4.69) is 29.6 Å². The van der Waals surface area contributed by atoms with Crippen molar-refractivity contribution >= 4 is 5.69 Å². The van der Waals surface area contributed by atoms with Gasteiger partial charge in [-0.1, -0.05) is 36.4 Å². The average Bonchev–Trinajstić information content (AvgIpc) is 2.40. The predicted molar refractivity (Wildman–Crippen MR) is 71.6 cm³/mol. The van der Waals surface area contributed by atoms with Crippen molar-refractivity contribution in [1.29, 1.82) is 0 Å². The number of hydrogen-bond donors (Lipinski definition) is 1. The van der Waals surface area contributed by atoms with E-state index < -0.39 is 0 Å². The Morgan fingerprint density at radius 2 is 1.82 bits per heavy atom. The zero-order valence-corrected chi connectivity index (χ0v) is 10.0. The van der Waals surface area contributed by atoms with Crippen molar-refractivity contribution in [3.8, 4) is 5.75 Å². The third-order valence-electron chi connectivity index (χ3n) is 2.66. The Labute approximate surface area is 102 Å². The maximum Gasteiger partial charge on any atom is 0.120 e. The minimum Gasteiger partial charge on any atom is -0.497 e. The lowest BCUT2D eigenvalue weighted by Gasteiger charge is -2.07. The van der Waals surface area contributed by atoms with E-state index in [0.717, 1.165) is 24.4 Å². The molecule has 0 aromatic heterocycles. The number of rotatable bonds is 5. The summed E-state index contributed by atoms with van der Waals surface area (Å²) in [5.41, 5.74) is 2.45. The molecule has 17 heavy (non-hydrogen) atoms. The van der Waals surface area contributed by atoms with Crippen LogP contribution in [0.4, 0.5) is 5.69 Å². The van der Waals surface area contributed by atoms with E-state index in [1.54, 1.807) is 7.11 Å². The van der Waals surface area contributed by atoms with Gasteiger partial charge in [0.25, 0.3) is 0 Å². The molecule has 0 fully saturated rings. The Morgan fingerprint density at radius 3 is 2.59 bits per heavy atom. The summed E-state index contributed by atoms with van der Waals surface area (Å²) in [6, 6.07) is 18.5. The highest BCUT2D eigenvalue weighted by atomic mass is 16.5. The molecule has 0 spiro atoms. The highest BCUT2D eigenvalue weighted by molar-refractivity contribution is 5.48. The zero-order chi connectivity index (χ0) is 11.9. The van der Waals surface area contributed by atoms with E-state index in [-0.39, 0.29) is 0 Å². The largest absolute Gasteiger partial charge is 0.497 e. The predicted octanol–water partition coefficient (Wildman–Crippen LogP) is 3.35. The van der Waals surface area contributed by atoms with Gasteiger partial charge in [0.2, 0.25) is 0 Å². The molecular weight excluding hydrogens is 210 g/mol. The van der Waals surface area contributed by atoms with Crippen LogP contribution < -0.4 is 10.1 Å². The molecule has 0 aliphatic heterocycles. The van der Waals surface area contributed by atoms with Crippen LogP contribution in [0.1, 0.15) is 5.56 Å². The van der Waals surface area contributed by atoms with Gasteiger partial charge in [-0.3, -0.25) is 0 Å². The van der Waals surface area contributed by atoms with E-state index >= 15 is 0 Å². The van der Waals surface area contributed by atoms with Gasteiger partial charge >= 0.3 is 0 Å². The third-order valence-corrected chi connectivity index (χ3v) is 2.66. The molecule has 0 heterocycles. The standard InChI is InChI=1S/C15H17NO/c1-17-15-9-5-8-14(12-15)16-11-10-13-6-3-2-4-7-13/h2-9,12,16H,10-11H2,1H3. The topological polar surface area (TPSA) is 21.3 Å². The van der Waals surface area contributed by atoms with Gasteiger partial charge in [0.05, 0.1) is 7.11 Å². The van der Waals surface area contributed by atoms with Crippen LogP contribution in [0.2, 0.25) is 0 Å². The van der Waals surface area contributed by atoms with Gasteiger partial charge < -0.3 is 10.1 Å². The van der Waals surface area contributed by atoms with Crippen molar-refractivity contribution < 1.29 is 4.74 Å². The van der Waals surface area contributed by atoms with Crippen LogP contribution in [0.3, 0.4) is 0 Å². The van der Waals surface area contributed by atoms with Gasteiger partial charge in [0.15, 0.2) is 0 Å². The van der Waals surface area contributed by atoms with E-state index in [9.17, 15) is 0 Å². The van der Waals surface area contributed by atoms with E-state index in [1.165, 1.54) is 5.56 Å². The maximum absolute atomic E-state index is 5.18. The van der Waals surface area contributed by atoms with Crippen LogP contribution in [0.15, 0.2) is 54.6 Å². The first-order chi connectivity index (χ1) is 8.38. The fraction of sp³-hybridized carbons (Fsp3) is 0.200. The molecule has 88 valence electrons. The summed E-state index contributed by atoms with van der Waals surface area (Å²) >= 11 is 0. The van der Waals surface area contributed by atoms with Crippen LogP contribution in [0.25, 0.3) is 0 Å². The molecular formula is C15H17NO. The summed E-state index contributed by atoms with van der Waals surface area (Å²) < 4.78 is 5.18. The lowest BCUT2D eigenvalue weighted by atomic mass is 10.1. The molecule has 2 nitrogen and oxygen atoms in total. The Hall–Kier alpha value is -1.96. The normalized spacial score (nSPS) is 9.94. The molecule has 2 aromatic rings. The van der Waals surface area contributed by atoms with Crippen molar-refractivity contribution in [3.63, 3.8) is 0 Å². The molecule has 0 aliphatic rings. The van der Waals surface area contributed by atoms with Gasteiger partial charge in [-0.05, 0) is 24.1 Å². The molecule has 0 radical (unpaired) electrons. The number of methoxy groups -OCH3 is 1. The van der Waals surface area contributed by atoms with Crippen molar-refractivity contribution in [2.24, 2.45) is 0 Å². The first-order valence-electron chi connectivity index (χ1n) is 5.80. The average molecular weight is 227 g/mol. The Kier molecular flexibility index (Phi) is 4.03. The Bertz CT molecular complexity index is 453. The molecule has 0 bridgehead atoms. The summed E-state index contributed by atoms with van der Waals surface area (Å²) in [5, 5.41) is 3.39. The number of nitrogens with one attached hydrogen (secondary N) is 1. The second-order valence-electron chi connectivity index (χ2n) is 3.89.